The quantitative estimate of drug-likeness (QED) is 0.459. The number of hydrogen-bond donors (Lipinski definition) is 1. The maximum atomic E-state index is 13.3. The molecule has 3 atom stereocenters. The third kappa shape index (κ3) is 6.39. The van der Waals surface area contributed by atoms with Gasteiger partial charge < -0.3 is 19.5 Å². The highest BCUT2D eigenvalue weighted by Gasteiger charge is 2.31. The van der Waals surface area contributed by atoms with Gasteiger partial charge in [-0.25, -0.2) is 0 Å². The predicted molar refractivity (Wildman–Crippen MR) is 134 cm³/mol. The summed E-state index contributed by atoms with van der Waals surface area (Å²) in [5, 5.41) is 3.93. The Hall–Kier alpha value is -2.83. The standard InChI is InChI=1S/C27H27Cl2NO4/c1-4-14-33-24-13-11-18(17-25(24)32-3)20-8-6-7-9-23(20)30-27(31)26(34-15-5-2)19-10-12-21(28)22(29)16-19/h1-2,10-13,16-17,20,23,26H,6-9,14-15H2,3H3,(H,30,31). The monoisotopic (exact) mass is 499 g/mol. The molecule has 7 heteroatoms. The van der Waals surface area contributed by atoms with Crippen molar-refractivity contribution in [3.05, 3.63) is 57.6 Å². The Morgan fingerprint density at radius 1 is 1.06 bits per heavy atom. The minimum absolute atomic E-state index is 0.0112. The van der Waals surface area contributed by atoms with Gasteiger partial charge >= 0.3 is 0 Å². The molecule has 0 bridgehead atoms. The van der Waals surface area contributed by atoms with Crippen LogP contribution in [-0.2, 0) is 9.53 Å². The zero-order valence-corrected chi connectivity index (χ0v) is 20.5. The first-order valence-corrected chi connectivity index (χ1v) is 11.8. The van der Waals surface area contributed by atoms with Crippen LogP contribution in [0.2, 0.25) is 10.0 Å². The number of halogens is 2. The van der Waals surface area contributed by atoms with Crippen molar-refractivity contribution in [2.24, 2.45) is 0 Å². The highest BCUT2D eigenvalue weighted by atomic mass is 35.5. The van der Waals surface area contributed by atoms with Crippen molar-refractivity contribution in [2.75, 3.05) is 20.3 Å². The summed E-state index contributed by atoms with van der Waals surface area (Å²) < 4.78 is 16.8. The Kier molecular flexibility index (Phi) is 9.54. The molecule has 3 unspecified atom stereocenters. The van der Waals surface area contributed by atoms with Gasteiger partial charge in [-0.15, -0.1) is 12.8 Å². The molecule has 1 fully saturated rings. The lowest BCUT2D eigenvalue weighted by Gasteiger charge is -2.34. The number of rotatable bonds is 9. The molecule has 5 nitrogen and oxygen atoms in total. The maximum absolute atomic E-state index is 13.3. The molecule has 2 aromatic carbocycles. The van der Waals surface area contributed by atoms with Crippen molar-refractivity contribution >= 4 is 29.1 Å². The Morgan fingerprint density at radius 3 is 2.53 bits per heavy atom. The molecule has 0 aromatic heterocycles. The van der Waals surface area contributed by atoms with Crippen LogP contribution in [0.4, 0.5) is 0 Å². The van der Waals surface area contributed by atoms with E-state index in [2.05, 4.69) is 17.2 Å². The number of carbonyl (C=O) groups excluding carboxylic acids is 1. The van der Waals surface area contributed by atoms with Crippen LogP contribution < -0.4 is 14.8 Å². The molecular weight excluding hydrogens is 473 g/mol. The average molecular weight is 500 g/mol. The summed E-state index contributed by atoms with van der Waals surface area (Å²) in [5.41, 5.74) is 1.65. The fraction of sp³-hybridized carbons (Fsp3) is 0.370. The second-order valence-electron chi connectivity index (χ2n) is 7.98. The number of nitrogens with one attached hydrogen (secondary N) is 1. The summed E-state index contributed by atoms with van der Waals surface area (Å²) in [6.07, 6.45) is 13.6. The van der Waals surface area contributed by atoms with Gasteiger partial charge in [-0.3, -0.25) is 4.79 Å². The van der Waals surface area contributed by atoms with E-state index in [-0.39, 0.29) is 31.1 Å². The molecule has 1 amide bonds. The minimum atomic E-state index is -0.900. The van der Waals surface area contributed by atoms with Crippen LogP contribution in [0.3, 0.4) is 0 Å². The highest BCUT2D eigenvalue weighted by molar-refractivity contribution is 6.42. The number of amides is 1. The van der Waals surface area contributed by atoms with E-state index < -0.39 is 6.10 Å². The summed E-state index contributed by atoms with van der Waals surface area (Å²) in [5.74, 6) is 5.90. The van der Waals surface area contributed by atoms with Crippen LogP contribution in [0.5, 0.6) is 11.5 Å². The van der Waals surface area contributed by atoms with Crippen molar-refractivity contribution in [3.8, 4) is 36.2 Å². The average Bonchev–Trinajstić information content (AvgIpc) is 2.85. The van der Waals surface area contributed by atoms with Crippen molar-refractivity contribution in [1.29, 1.82) is 0 Å². The number of methoxy groups -OCH3 is 1. The van der Waals surface area contributed by atoms with E-state index in [0.29, 0.717) is 27.1 Å². The van der Waals surface area contributed by atoms with Gasteiger partial charge in [0.25, 0.3) is 5.91 Å². The molecule has 0 spiro atoms. The fourth-order valence-electron chi connectivity index (χ4n) is 4.24. The Morgan fingerprint density at radius 2 is 1.82 bits per heavy atom. The van der Waals surface area contributed by atoms with Crippen molar-refractivity contribution in [1.82, 2.24) is 5.32 Å². The number of ether oxygens (including phenoxy) is 3. The van der Waals surface area contributed by atoms with Crippen LogP contribution >= 0.6 is 23.2 Å². The topological polar surface area (TPSA) is 56.8 Å². The summed E-state index contributed by atoms with van der Waals surface area (Å²) in [7, 11) is 1.59. The smallest absolute Gasteiger partial charge is 0.254 e. The van der Waals surface area contributed by atoms with Gasteiger partial charge in [-0.2, -0.15) is 0 Å². The van der Waals surface area contributed by atoms with Crippen LogP contribution in [0.15, 0.2) is 36.4 Å². The van der Waals surface area contributed by atoms with Crippen molar-refractivity contribution in [2.45, 2.75) is 43.7 Å². The fourth-order valence-corrected chi connectivity index (χ4v) is 4.55. The lowest BCUT2D eigenvalue weighted by molar-refractivity contribution is -0.133. The molecule has 1 N–H and O–H groups in total. The molecule has 34 heavy (non-hydrogen) atoms. The molecule has 0 aliphatic heterocycles. The summed E-state index contributed by atoms with van der Waals surface area (Å²) in [6, 6.07) is 10.7. The first-order valence-electron chi connectivity index (χ1n) is 11.0. The Balaban J connectivity index is 1.82. The number of terminal acetylenes is 2. The van der Waals surface area contributed by atoms with Gasteiger partial charge in [-0.05, 0) is 48.2 Å². The summed E-state index contributed by atoms with van der Waals surface area (Å²) >= 11 is 12.2. The number of benzene rings is 2. The van der Waals surface area contributed by atoms with E-state index in [0.717, 1.165) is 31.2 Å². The largest absolute Gasteiger partial charge is 0.493 e. The lowest BCUT2D eigenvalue weighted by Crippen LogP contribution is -2.43. The highest BCUT2D eigenvalue weighted by Crippen LogP contribution is 2.38. The Labute approximate surface area is 211 Å². The minimum Gasteiger partial charge on any atom is -0.493 e. The lowest BCUT2D eigenvalue weighted by atomic mass is 9.79. The van der Waals surface area contributed by atoms with E-state index in [1.807, 2.05) is 18.2 Å². The molecule has 0 radical (unpaired) electrons. The molecule has 0 saturated heterocycles. The molecule has 3 rings (SSSR count). The second kappa shape index (κ2) is 12.6. The molecule has 1 saturated carbocycles. The molecule has 0 heterocycles. The van der Waals surface area contributed by atoms with Crippen LogP contribution in [0.25, 0.3) is 0 Å². The summed E-state index contributed by atoms with van der Waals surface area (Å²) in [6.45, 7) is 0.147. The normalized spacial score (nSPS) is 18.3. The zero-order chi connectivity index (χ0) is 24.5. The van der Waals surface area contributed by atoms with Gasteiger partial charge in [0.1, 0.15) is 13.2 Å². The van der Waals surface area contributed by atoms with Gasteiger partial charge in [0.15, 0.2) is 17.6 Å². The van der Waals surface area contributed by atoms with Gasteiger partial charge in [0.05, 0.1) is 17.2 Å². The van der Waals surface area contributed by atoms with E-state index in [1.165, 1.54) is 0 Å². The number of hydrogen-bond acceptors (Lipinski definition) is 4. The predicted octanol–water partition coefficient (Wildman–Crippen LogP) is 5.55. The second-order valence-corrected chi connectivity index (χ2v) is 8.79. The third-order valence-corrected chi connectivity index (χ3v) is 6.58. The number of carbonyl (C=O) groups is 1. The third-order valence-electron chi connectivity index (χ3n) is 5.84. The summed E-state index contributed by atoms with van der Waals surface area (Å²) in [4.78, 5) is 13.3. The Bertz CT molecular complexity index is 1090. The molecule has 2 aromatic rings. The van der Waals surface area contributed by atoms with Gasteiger partial charge in [0.2, 0.25) is 0 Å². The van der Waals surface area contributed by atoms with Gasteiger partial charge in [-0.1, -0.05) is 60.0 Å². The van der Waals surface area contributed by atoms with E-state index in [4.69, 9.17) is 50.3 Å². The van der Waals surface area contributed by atoms with Crippen molar-refractivity contribution in [3.63, 3.8) is 0 Å². The SMILES string of the molecule is C#CCOc1ccc(C2CCCCC2NC(=O)C(OCC#C)c2ccc(Cl)c(Cl)c2)cc1OC. The van der Waals surface area contributed by atoms with E-state index in [1.54, 1.807) is 25.3 Å². The van der Waals surface area contributed by atoms with Crippen LogP contribution in [0, 0.1) is 24.7 Å². The molecular formula is C27H27Cl2NO4. The maximum Gasteiger partial charge on any atom is 0.254 e. The zero-order valence-electron chi connectivity index (χ0n) is 19.0. The van der Waals surface area contributed by atoms with Crippen LogP contribution in [0.1, 0.15) is 48.8 Å². The van der Waals surface area contributed by atoms with E-state index in [9.17, 15) is 4.79 Å². The molecule has 178 valence electrons. The van der Waals surface area contributed by atoms with Crippen LogP contribution in [-0.4, -0.2) is 32.3 Å². The van der Waals surface area contributed by atoms with E-state index >= 15 is 0 Å². The first kappa shape index (κ1) is 25.8. The first-order chi connectivity index (χ1) is 16.5. The molecule has 1 aliphatic rings. The van der Waals surface area contributed by atoms with Gasteiger partial charge in [0, 0.05) is 12.0 Å². The molecule has 1 aliphatic carbocycles. The van der Waals surface area contributed by atoms with Crippen molar-refractivity contribution < 1.29 is 19.0 Å².